The first kappa shape index (κ1) is 39.9. The van der Waals surface area contributed by atoms with Gasteiger partial charge in [-0.05, 0) is 83.2 Å². The molecule has 0 aliphatic carbocycles. The average Bonchev–Trinajstić information content (AvgIpc) is 3.87. The molecule has 0 fully saturated rings. The van der Waals surface area contributed by atoms with E-state index >= 15 is 0 Å². The summed E-state index contributed by atoms with van der Waals surface area (Å²) in [4.78, 5) is 14.4. The van der Waals surface area contributed by atoms with Crippen molar-refractivity contribution < 1.29 is 27.3 Å². The fourth-order valence-electron chi connectivity index (χ4n) is 7.89. The van der Waals surface area contributed by atoms with Crippen LogP contribution >= 0.6 is 0 Å². The van der Waals surface area contributed by atoms with E-state index in [0.29, 0.717) is 5.71 Å². The van der Waals surface area contributed by atoms with Crippen molar-refractivity contribution in [1.29, 1.82) is 0 Å². The Morgan fingerprint density at radius 2 is 1.44 bits per heavy atom. The molecule has 10 aromatic rings. The zero-order chi connectivity index (χ0) is 43.9. The van der Waals surface area contributed by atoms with Crippen molar-refractivity contribution in [1.82, 2.24) is 19.5 Å². The first-order valence-corrected chi connectivity index (χ1v) is 24.3. The van der Waals surface area contributed by atoms with Crippen molar-refractivity contribution in [2.45, 2.75) is 46.8 Å². The molecule has 309 valence electrons. The van der Waals surface area contributed by atoms with E-state index in [1.165, 1.54) is 5.56 Å². The van der Waals surface area contributed by atoms with Crippen LogP contribution in [-0.2, 0) is 26.5 Å². The summed E-state index contributed by atoms with van der Waals surface area (Å²) in [7, 11) is -1.67. The predicted molar refractivity (Wildman–Crippen MR) is 256 cm³/mol. The van der Waals surface area contributed by atoms with Gasteiger partial charge in [-0.1, -0.05) is 135 Å². The van der Waals surface area contributed by atoms with Crippen LogP contribution in [0.1, 0.15) is 27.8 Å². The van der Waals surface area contributed by atoms with Gasteiger partial charge in [0, 0.05) is 51.4 Å². The molecule has 4 aromatic heterocycles. The van der Waals surface area contributed by atoms with Gasteiger partial charge in [-0.15, -0.1) is 54.1 Å². The van der Waals surface area contributed by atoms with Crippen molar-refractivity contribution in [3.63, 3.8) is 0 Å². The Morgan fingerprint density at radius 1 is 0.710 bits per heavy atom. The van der Waals surface area contributed by atoms with Gasteiger partial charge in [0.2, 0.25) is 5.71 Å². The molecule has 0 atom stereocenters. The predicted octanol–water partition coefficient (Wildman–Crippen LogP) is 13.7. The molecule has 4 heterocycles. The number of benzene rings is 6. The minimum Gasteiger partial charge on any atom is -0.486 e. The molecule has 0 saturated heterocycles. The zero-order valence-corrected chi connectivity index (χ0v) is 39.1. The van der Waals surface area contributed by atoms with E-state index in [-0.39, 0.29) is 26.0 Å². The van der Waals surface area contributed by atoms with Crippen molar-refractivity contribution in [2.24, 2.45) is 5.92 Å². The number of nitrogens with zero attached hydrogens (tertiary/aromatic N) is 4. The van der Waals surface area contributed by atoms with E-state index in [4.69, 9.17) is 12.1 Å². The number of hydrogen-bond donors (Lipinski definition) is 0. The molecule has 0 bridgehead atoms. The summed E-state index contributed by atoms with van der Waals surface area (Å²) in [6.07, 6.45) is 0.528. The molecule has 1 radical (unpaired) electrons. The van der Waals surface area contributed by atoms with Crippen LogP contribution in [-0.4, -0.2) is 27.6 Å². The second-order valence-electron chi connectivity index (χ2n) is 16.7. The Morgan fingerprint density at radius 3 is 2.16 bits per heavy atom. The molecule has 0 N–H and O–H groups in total. The van der Waals surface area contributed by atoms with Gasteiger partial charge in [0.05, 0.1) is 30.5 Å². The Bertz CT molecular complexity index is 3230. The molecule has 0 saturated carbocycles. The van der Waals surface area contributed by atoms with Crippen LogP contribution in [0.3, 0.4) is 0 Å². The van der Waals surface area contributed by atoms with Crippen LogP contribution in [0.2, 0.25) is 19.6 Å². The van der Waals surface area contributed by atoms with Gasteiger partial charge in [0.1, 0.15) is 0 Å². The van der Waals surface area contributed by atoms with Gasteiger partial charge < -0.3 is 14.0 Å². The molecule has 10 rings (SSSR count). The summed E-state index contributed by atoms with van der Waals surface area (Å²) in [6, 6.07) is 60.3. The number of furan rings is 1. The Kier molecular flexibility index (Phi) is 11.6. The number of aromatic nitrogens is 4. The fourth-order valence-corrected chi connectivity index (χ4v) is 9.30. The molecule has 0 aliphatic rings. The standard InChI is InChI=1S/C37H24N3O.C18H24NSi.Ir/c1-24-19-21-29-28-15-10-16-30(35(28)41-37(29)38-24)36-39-32-17-8-9-18-34(32)40(36)33-22-20-27(25-11-4-2-5-12-25)23-31(33)26-13-6-3-7-14-26;1-14(2)11-16-12-17(15-9-7-6-8-10-15)19-13-18(16)20(3,4)5;/h2-15,17-23H,1H3;6-9,12-14H,11H2,1-5H3;/q2*-1;/i;11D2;. The van der Waals surface area contributed by atoms with Crippen LogP contribution < -0.4 is 5.19 Å². The monoisotopic (exact) mass is 1000 g/mol. The number of rotatable bonds is 8. The number of hydrogen-bond acceptors (Lipinski definition) is 4. The molecule has 0 aliphatic heterocycles. The number of fused-ring (bicyclic) bond motifs is 4. The van der Waals surface area contributed by atoms with Gasteiger partial charge >= 0.3 is 0 Å². The van der Waals surface area contributed by atoms with E-state index in [0.717, 1.165) is 88.9 Å². The molecule has 0 spiro atoms. The Hall–Kier alpha value is -6.24. The number of imidazole rings is 1. The van der Waals surface area contributed by atoms with Gasteiger partial charge in [-0.2, -0.15) is 0 Å². The largest absolute Gasteiger partial charge is 0.486 e. The minimum absolute atomic E-state index is 0. The summed E-state index contributed by atoms with van der Waals surface area (Å²) >= 11 is 0. The Balaban J connectivity index is 0.000000208. The number of pyridine rings is 2. The number of aryl methyl sites for hydroxylation is 1. The van der Waals surface area contributed by atoms with E-state index in [1.54, 1.807) is 0 Å². The molecule has 5 nitrogen and oxygen atoms in total. The van der Waals surface area contributed by atoms with E-state index in [1.807, 2.05) is 87.6 Å². The van der Waals surface area contributed by atoms with Crippen LogP contribution in [0.25, 0.3) is 83.7 Å². The summed E-state index contributed by atoms with van der Waals surface area (Å²) in [5.41, 5.74) is 13.1. The molecular formula is C55H48IrN4OSi-2. The van der Waals surface area contributed by atoms with E-state index < -0.39 is 14.4 Å². The third-order valence-electron chi connectivity index (χ3n) is 10.8. The van der Waals surface area contributed by atoms with Crippen molar-refractivity contribution in [3.8, 4) is 50.6 Å². The summed E-state index contributed by atoms with van der Waals surface area (Å²) < 4.78 is 25.7. The van der Waals surface area contributed by atoms with Crippen molar-refractivity contribution in [2.75, 3.05) is 0 Å². The molecular weight excluding hydrogens is 953 g/mol. The van der Waals surface area contributed by atoms with Crippen LogP contribution in [0.15, 0.2) is 168 Å². The van der Waals surface area contributed by atoms with Crippen molar-refractivity contribution >= 4 is 46.4 Å². The summed E-state index contributed by atoms with van der Waals surface area (Å²) in [6.45, 7) is 12.5. The minimum atomic E-state index is -1.67. The molecule has 0 unspecified atom stereocenters. The molecule has 7 heteroatoms. The van der Waals surface area contributed by atoms with Gasteiger partial charge in [0.25, 0.3) is 0 Å². The van der Waals surface area contributed by atoms with Crippen molar-refractivity contribution in [3.05, 3.63) is 187 Å². The molecule has 62 heavy (non-hydrogen) atoms. The van der Waals surface area contributed by atoms with E-state index in [9.17, 15) is 0 Å². The molecule has 6 aromatic carbocycles. The smallest absolute Gasteiger partial charge is 0.216 e. The summed E-state index contributed by atoms with van der Waals surface area (Å²) in [5.74, 6) is 0.690. The Labute approximate surface area is 381 Å². The maximum absolute atomic E-state index is 8.55. The quantitative estimate of drug-likeness (QED) is 0.112. The van der Waals surface area contributed by atoms with Gasteiger partial charge in [0.15, 0.2) is 0 Å². The van der Waals surface area contributed by atoms with Crippen LogP contribution in [0.4, 0.5) is 0 Å². The number of para-hydroxylation sites is 2. The normalized spacial score (nSPS) is 12.2. The first-order valence-electron chi connectivity index (χ1n) is 21.8. The zero-order valence-electron chi connectivity index (χ0n) is 37.7. The average molecular weight is 1000 g/mol. The van der Waals surface area contributed by atoms with E-state index in [2.05, 4.69) is 143 Å². The van der Waals surface area contributed by atoms with Gasteiger partial charge in [-0.3, -0.25) is 4.98 Å². The first-order chi connectivity index (χ1) is 30.4. The SMILES string of the molecule is Cc1ccc2c(n1)oc1c(-c3nc4ccccc4n3-c3ccc(-c4ccccc4)cc3-c3ccccc3)[c-]ccc12.[2H]C([2H])(c1cc(-c2[c-]cccc2)ncc1[Si](C)(C)C)C(C)C.[Ir]. The summed E-state index contributed by atoms with van der Waals surface area (Å²) in [5, 5.41) is 3.09. The second kappa shape index (κ2) is 18.0. The van der Waals surface area contributed by atoms with Crippen LogP contribution in [0, 0.1) is 25.0 Å². The molecule has 0 amide bonds. The maximum atomic E-state index is 8.55. The second-order valence-corrected chi connectivity index (χ2v) is 21.7. The third-order valence-corrected chi connectivity index (χ3v) is 12.8. The van der Waals surface area contributed by atoms with Crippen LogP contribution in [0.5, 0.6) is 0 Å². The third kappa shape index (κ3) is 8.62. The fraction of sp³-hybridized carbons (Fsp3) is 0.145. The topological polar surface area (TPSA) is 56.7 Å². The van der Waals surface area contributed by atoms with Gasteiger partial charge in [-0.25, -0.2) is 4.98 Å². The maximum Gasteiger partial charge on any atom is 0.216 e.